The molecule has 0 saturated heterocycles. The zero-order chi connectivity index (χ0) is 18.1. The predicted octanol–water partition coefficient (Wildman–Crippen LogP) is 4.64. The Morgan fingerprint density at radius 2 is 1.65 bits per heavy atom. The van der Waals surface area contributed by atoms with Crippen LogP contribution in [0.1, 0.15) is 15.9 Å². The molecule has 1 aromatic heterocycles. The number of hydrogen-bond acceptors (Lipinski definition) is 3. The second-order valence-corrected chi connectivity index (χ2v) is 6.12. The summed E-state index contributed by atoms with van der Waals surface area (Å²) in [6.07, 6.45) is 0. The van der Waals surface area contributed by atoms with Crippen LogP contribution in [0.2, 0.25) is 0 Å². The summed E-state index contributed by atoms with van der Waals surface area (Å²) in [5.41, 5.74) is 3.69. The number of carbonyl (C=O) groups is 1. The highest BCUT2D eigenvalue weighted by atomic mass is 16.5. The molecule has 26 heavy (non-hydrogen) atoms. The second-order valence-electron chi connectivity index (χ2n) is 6.12. The van der Waals surface area contributed by atoms with Crippen molar-refractivity contribution in [3.63, 3.8) is 0 Å². The number of fused-ring (bicyclic) bond motifs is 3. The molecule has 0 fully saturated rings. The number of para-hydroxylation sites is 1. The van der Waals surface area contributed by atoms with E-state index in [1.54, 1.807) is 13.2 Å². The first-order valence-electron chi connectivity index (χ1n) is 8.44. The highest BCUT2D eigenvalue weighted by Gasteiger charge is 2.21. The molecule has 0 saturated carbocycles. The molecule has 0 amide bonds. The molecule has 0 aliphatic rings. The Morgan fingerprint density at radius 3 is 2.38 bits per heavy atom. The fraction of sp³-hybridized carbons (Fsp3) is 0.136. The summed E-state index contributed by atoms with van der Waals surface area (Å²) in [5.74, 6) is 0.389. The Balaban J connectivity index is 2.10. The maximum absolute atomic E-state index is 12.4. The molecule has 0 aliphatic carbocycles. The van der Waals surface area contributed by atoms with Gasteiger partial charge in [0, 0.05) is 22.8 Å². The van der Waals surface area contributed by atoms with Gasteiger partial charge in [-0.3, -0.25) is 0 Å². The fourth-order valence-corrected chi connectivity index (χ4v) is 3.53. The average molecular weight is 345 g/mol. The van der Waals surface area contributed by atoms with Crippen LogP contribution in [0.3, 0.4) is 0 Å². The number of methoxy groups -OCH3 is 2. The Hall–Kier alpha value is -3.27. The van der Waals surface area contributed by atoms with E-state index in [1.165, 1.54) is 12.7 Å². The minimum absolute atomic E-state index is 0.347. The highest BCUT2D eigenvalue weighted by molar-refractivity contribution is 6.18. The number of hydrogen-bond donors (Lipinski definition) is 0. The van der Waals surface area contributed by atoms with E-state index in [0.717, 1.165) is 27.6 Å². The van der Waals surface area contributed by atoms with Crippen LogP contribution in [0.25, 0.3) is 21.8 Å². The summed E-state index contributed by atoms with van der Waals surface area (Å²) >= 11 is 0. The van der Waals surface area contributed by atoms with Gasteiger partial charge in [-0.05, 0) is 23.8 Å². The molecule has 0 atom stereocenters. The molecule has 0 unspecified atom stereocenters. The Morgan fingerprint density at radius 1 is 0.923 bits per heavy atom. The van der Waals surface area contributed by atoms with Crippen LogP contribution < -0.4 is 4.74 Å². The minimum atomic E-state index is -0.347. The van der Waals surface area contributed by atoms with Gasteiger partial charge in [0.05, 0.1) is 25.3 Å². The van der Waals surface area contributed by atoms with Gasteiger partial charge in [-0.2, -0.15) is 0 Å². The summed E-state index contributed by atoms with van der Waals surface area (Å²) in [6, 6.07) is 21.9. The van der Waals surface area contributed by atoms with Crippen molar-refractivity contribution in [3.8, 4) is 5.75 Å². The smallest absolute Gasteiger partial charge is 0.338 e. The van der Waals surface area contributed by atoms with E-state index in [9.17, 15) is 4.79 Å². The first kappa shape index (κ1) is 16.2. The average Bonchev–Trinajstić information content (AvgIpc) is 3.02. The van der Waals surface area contributed by atoms with E-state index in [-0.39, 0.29) is 5.97 Å². The largest absolute Gasteiger partial charge is 0.495 e. The van der Waals surface area contributed by atoms with E-state index in [0.29, 0.717) is 12.1 Å². The molecule has 4 nitrogen and oxygen atoms in total. The predicted molar refractivity (Wildman–Crippen MR) is 103 cm³/mol. The van der Waals surface area contributed by atoms with E-state index in [1.807, 2.05) is 42.5 Å². The van der Waals surface area contributed by atoms with Gasteiger partial charge < -0.3 is 14.0 Å². The summed E-state index contributed by atoms with van der Waals surface area (Å²) in [5, 5.41) is 1.88. The third kappa shape index (κ3) is 2.51. The lowest BCUT2D eigenvalue weighted by Crippen LogP contribution is -2.04. The highest BCUT2D eigenvalue weighted by Crippen LogP contribution is 2.38. The molecule has 4 rings (SSSR count). The summed E-state index contributed by atoms with van der Waals surface area (Å²) in [7, 11) is 3.05. The van der Waals surface area contributed by atoms with E-state index in [2.05, 4.69) is 22.8 Å². The summed E-state index contributed by atoms with van der Waals surface area (Å²) in [4.78, 5) is 12.4. The van der Waals surface area contributed by atoms with Crippen LogP contribution in [0.4, 0.5) is 0 Å². The first-order valence-corrected chi connectivity index (χ1v) is 8.44. The zero-order valence-corrected chi connectivity index (χ0v) is 14.7. The van der Waals surface area contributed by atoms with Gasteiger partial charge >= 0.3 is 5.97 Å². The number of benzene rings is 3. The fourth-order valence-electron chi connectivity index (χ4n) is 3.53. The molecule has 1 heterocycles. The van der Waals surface area contributed by atoms with Crippen molar-refractivity contribution in [3.05, 3.63) is 77.9 Å². The first-order chi connectivity index (χ1) is 12.7. The van der Waals surface area contributed by atoms with Crippen molar-refractivity contribution in [1.82, 2.24) is 4.57 Å². The van der Waals surface area contributed by atoms with E-state index >= 15 is 0 Å². The van der Waals surface area contributed by atoms with Crippen molar-refractivity contribution in [2.24, 2.45) is 0 Å². The monoisotopic (exact) mass is 345 g/mol. The van der Waals surface area contributed by atoms with Crippen molar-refractivity contribution >= 4 is 27.8 Å². The maximum Gasteiger partial charge on any atom is 0.338 e. The number of rotatable bonds is 4. The van der Waals surface area contributed by atoms with Gasteiger partial charge in [0.15, 0.2) is 0 Å². The van der Waals surface area contributed by atoms with E-state index in [4.69, 9.17) is 9.47 Å². The lowest BCUT2D eigenvalue weighted by atomic mass is 10.1. The van der Waals surface area contributed by atoms with Gasteiger partial charge in [-0.25, -0.2) is 4.79 Å². The normalized spacial score (nSPS) is 11.0. The molecule has 3 aromatic carbocycles. The van der Waals surface area contributed by atoms with Crippen molar-refractivity contribution in [2.45, 2.75) is 6.54 Å². The van der Waals surface area contributed by atoms with Gasteiger partial charge in [0.1, 0.15) is 5.75 Å². The van der Waals surface area contributed by atoms with Gasteiger partial charge in [0.2, 0.25) is 0 Å². The van der Waals surface area contributed by atoms with Crippen LogP contribution in [0.15, 0.2) is 66.7 Å². The number of nitrogens with zero attached hydrogens (tertiary/aromatic N) is 1. The molecule has 0 bridgehead atoms. The lowest BCUT2D eigenvalue weighted by Gasteiger charge is -2.11. The molecular formula is C22H19NO3. The van der Waals surface area contributed by atoms with Crippen molar-refractivity contribution < 1.29 is 14.3 Å². The third-order valence-corrected chi connectivity index (χ3v) is 4.68. The SMILES string of the molecule is COC(=O)c1ccc(OC)c2c1c1ccccc1n2Cc1ccccc1. The Bertz CT molecular complexity index is 1100. The van der Waals surface area contributed by atoms with Gasteiger partial charge in [0.25, 0.3) is 0 Å². The molecule has 0 N–H and O–H groups in total. The zero-order valence-electron chi connectivity index (χ0n) is 14.7. The Labute approximate surface area is 151 Å². The summed E-state index contributed by atoms with van der Waals surface area (Å²) < 4.78 is 12.8. The number of aromatic nitrogens is 1. The van der Waals surface area contributed by atoms with Crippen LogP contribution in [0.5, 0.6) is 5.75 Å². The topological polar surface area (TPSA) is 40.5 Å². The van der Waals surface area contributed by atoms with Crippen LogP contribution in [-0.4, -0.2) is 24.8 Å². The molecule has 0 aliphatic heterocycles. The van der Waals surface area contributed by atoms with Crippen molar-refractivity contribution in [1.29, 1.82) is 0 Å². The minimum Gasteiger partial charge on any atom is -0.495 e. The number of carbonyl (C=O) groups excluding carboxylic acids is 1. The van der Waals surface area contributed by atoms with Crippen LogP contribution >= 0.6 is 0 Å². The molecular weight excluding hydrogens is 326 g/mol. The van der Waals surface area contributed by atoms with Gasteiger partial charge in [-0.15, -0.1) is 0 Å². The molecule has 0 spiro atoms. The van der Waals surface area contributed by atoms with E-state index < -0.39 is 0 Å². The molecule has 0 radical (unpaired) electrons. The summed E-state index contributed by atoms with van der Waals surface area (Å²) in [6.45, 7) is 0.686. The van der Waals surface area contributed by atoms with Crippen LogP contribution in [-0.2, 0) is 11.3 Å². The lowest BCUT2D eigenvalue weighted by molar-refractivity contribution is 0.0603. The number of ether oxygens (including phenoxy) is 2. The Kier molecular flexibility index (Phi) is 4.09. The second kappa shape index (κ2) is 6.56. The standard InChI is InChI=1S/C22H19NO3/c1-25-19-13-12-17(22(24)26-2)20-16-10-6-7-11-18(16)23(21(19)20)14-15-8-4-3-5-9-15/h3-13H,14H2,1-2H3. The number of esters is 1. The van der Waals surface area contributed by atoms with Crippen LogP contribution in [0, 0.1) is 0 Å². The molecule has 4 aromatic rings. The maximum atomic E-state index is 12.4. The molecule has 4 heteroatoms. The van der Waals surface area contributed by atoms with Crippen molar-refractivity contribution in [2.75, 3.05) is 14.2 Å². The quantitative estimate of drug-likeness (QED) is 0.506. The molecule has 130 valence electrons. The van der Waals surface area contributed by atoms with Gasteiger partial charge in [-0.1, -0.05) is 48.5 Å². The third-order valence-electron chi connectivity index (χ3n) is 4.68.